The zero-order chi connectivity index (χ0) is 17.4. The van der Waals surface area contributed by atoms with Crippen LogP contribution in [0, 0.1) is 6.92 Å². The number of hydrogen-bond acceptors (Lipinski definition) is 3. The molecule has 5 heteroatoms. The van der Waals surface area contributed by atoms with Gasteiger partial charge in [-0.05, 0) is 56.8 Å². The fraction of sp³-hybridized carbons (Fsp3) is 0.263. The van der Waals surface area contributed by atoms with Crippen molar-refractivity contribution in [2.24, 2.45) is 0 Å². The first-order valence-electron chi connectivity index (χ1n) is 8.01. The maximum Gasteiger partial charge on any atom is 0.255 e. The summed E-state index contributed by atoms with van der Waals surface area (Å²) in [6.07, 6.45) is 1.22. The molecule has 0 saturated heterocycles. The van der Waals surface area contributed by atoms with Gasteiger partial charge in [-0.15, -0.1) is 0 Å². The zero-order valence-electron chi connectivity index (χ0n) is 14.1. The molecule has 126 valence electrons. The van der Waals surface area contributed by atoms with Crippen molar-refractivity contribution in [2.75, 3.05) is 24.2 Å². The van der Waals surface area contributed by atoms with E-state index in [0.717, 1.165) is 24.2 Å². The summed E-state index contributed by atoms with van der Waals surface area (Å²) in [6.45, 7) is 2.70. The van der Waals surface area contributed by atoms with Crippen LogP contribution in [0.15, 0.2) is 48.5 Å². The number of para-hydroxylation sites is 1. The Balaban J connectivity index is 2.04. The number of rotatable bonds is 7. The van der Waals surface area contributed by atoms with E-state index in [-0.39, 0.29) is 11.8 Å². The molecule has 2 amide bonds. The highest BCUT2D eigenvalue weighted by Gasteiger charge is 2.10. The van der Waals surface area contributed by atoms with Crippen molar-refractivity contribution in [1.29, 1.82) is 0 Å². The maximum absolute atomic E-state index is 12.3. The predicted octanol–water partition coefficient (Wildman–Crippen LogP) is 3.19. The first-order valence-corrected chi connectivity index (χ1v) is 8.01. The van der Waals surface area contributed by atoms with E-state index in [9.17, 15) is 9.59 Å². The van der Waals surface area contributed by atoms with Crippen molar-refractivity contribution in [3.63, 3.8) is 0 Å². The minimum Gasteiger partial charge on any atom is -0.326 e. The second-order valence-electron chi connectivity index (χ2n) is 5.61. The molecule has 0 saturated carbocycles. The molecule has 0 aliphatic heterocycles. The molecule has 0 heterocycles. The summed E-state index contributed by atoms with van der Waals surface area (Å²) < 4.78 is 0. The maximum atomic E-state index is 12.3. The van der Waals surface area contributed by atoms with Crippen LogP contribution in [0.25, 0.3) is 0 Å². The van der Waals surface area contributed by atoms with Crippen molar-refractivity contribution in [3.8, 4) is 0 Å². The molecule has 24 heavy (non-hydrogen) atoms. The molecule has 0 bridgehead atoms. The molecule has 0 spiro atoms. The molecule has 0 aromatic heterocycles. The second kappa shape index (κ2) is 8.84. The smallest absolute Gasteiger partial charge is 0.255 e. The average Bonchev–Trinajstić information content (AvgIpc) is 2.58. The van der Waals surface area contributed by atoms with Crippen molar-refractivity contribution < 1.29 is 9.59 Å². The van der Waals surface area contributed by atoms with Crippen molar-refractivity contribution in [2.45, 2.75) is 19.8 Å². The van der Waals surface area contributed by atoms with Gasteiger partial charge in [0.15, 0.2) is 0 Å². The number of aryl methyl sites for hydroxylation is 1. The minimum absolute atomic E-state index is 0.0473. The number of benzene rings is 2. The molecule has 2 aromatic carbocycles. The number of amides is 2. The van der Waals surface area contributed by atoms with E-state index < -0.39 is 0 Å². The fourth-order valence-corrected chi connectivity index (χ4v) is 2.26. The van der Waals surface area contributed by atoms with Gasteiger partial charge in [0, 0.05) is 23.4 Å². The molecule has 0 radical (unpaired) electrons. The van der Waals surface area contributed by atoms with Gasteiger partial charge in [-0.2, -0.15) is 0 Å². The van der Waals surface area contributed by atoms with E-state index >= 15 is 0 Å². The molecule has 0 unspecified atom stereocenters. The van der Waals surface area contributed by atoms with Crippen molar-refractivity contribution in [1.82, 2.24) is 5.32 Å². The Labute approximate surface area is 142 Å². The van der Waals surface area contributed by atoms with Gasteiger partial charge in [0.05, 0.1) is 0 Å². The third kappa shape index (κ3) is 5.21. The van der Waals surface area contributed by atoms with Gasteiger partial charge in [-0.25, -0.2) is 0 Å². The van der Waals surface area contributed by atoms with Gasteiger partial charge in [0.25, 0.3) is 5.91 Å². The third-order valence-electron chi connectivity index (χ3n) is 3.64. The standard InChI is InChI=1S/C19H23N3O2/c1-14-10-11-15(19(24)21-16-7-4-3-5-8-16)13-17(14)22-18(23)9-6-12-20-2/h3-5,7-8,10-11,13,20H,6,9,12H2,1-2H3,(H,21,24)(H,22,23). The highest BCUT2D eigenvalue weighted by Crippen LogP contribution is 2.18. The van der Waals surface area contributed by atoms with Gasteiger partial charge in [-0.1, -0.05) is 24.3 Å². The van der Waals surface area contributed by atoms with E-state index in [1.54, 1.807) is 12.1 Å². The van der Waals surface area contributed by atoms with Crippen LogP contribution in [0.4, 0.5) is 11.4 Å². The summed E-state index contributed by atoms with van der Waals surface area (Å²) in [6, 6.07) is 14.6. The first-order chi connectivity index (χ1) is 11.6. The van der Waals surface area contributed by atoms with Crippen LogP contribution in [0.1, 0.15) is 28.8 Å². The van der Waals surface area contributed by atoms with E-state index in [1.807, 2.05) is 50.4 Å². The molecule has 5 nitrogen and oxygen atoms in total. The number of anilines is 2. The van der Waals surface area contributed by atoms with E-state index in [2.05, 4.69) is 16.0 Å². The largest absolute Gasteiger partial charge is 0.326 e. The van der Waals surface area contributed by atoms with Crippen LogP contribution in [0.3, 0.4) is 0 Å². The number of hydrogen-bond donors (Lipinski definition) is 3. The lowest BCUT2D eigenvalue weighted by atomic mass is 10.1. The number of carbonyl (C=O) groups is 2. The molecule has 0 aliphatic rings. The van der Waals surface area contributed by atoms with Crippen LogP contribution in [-0.2, 0) is 4.79 Å². The third-order valence-corrected chi connectivity index (χ3v) is 3.64. The molecule has 0 fully saturated rings. The molecule has 3 N–H and O–H groups in total. The van der Waals surface area contributed by atoms with E-state index in [1.165, 1.54) is 0 Å². The van der Waals surface area contributed by atoms with Gasteiger partial charge >= 0.3 is 0 Å². The fourth-order valence-electron chi connectivity index (χ4n) is 2.26. The van der Waals surface area contributed by atoms with Crippen molar-refractivity contribution in [3.05, 3.63) is 59.7 Å². The average molecular weight is 325 g/mol. The monoisotopic (exact) mass is 325 g/mol. The first kappa shape index (κ1) is 17.7. The van der Waals surface area contributed by atoms with Crippen LogP contribution >= 0.6 is 0 Å². The second-order valence-corrected chi connectivity index (χ2v) is 5.61. The summed E-state index contributed by atoms with van der Waals surface area (Å²) >= 11 is 0. The predicted molar refractivity (Wildman–Crippen MR) is 97.4 cm³/mol. The Morgan fingerprint density at radius 1 is 1.00 bits per heavy atom. The van der Waals surface area contributed by atoms with Crippen LogP contribution in [0.5, 0.6) is 0 Å². The lowest BCUT2D eigenvalue weighted by molar-refractivity contribution is -0.116. The highest BCUT2D eigenvalue weighted by atomic mass is 16.2. The minimum atomic E-state index is -0.202. The van der Waals surface area contributed by atoms with Crippen LogP contribution < -0.4 is 16.0 Å². The number of nitrogens with one attached hydrogen (secondary N) is 3. The SMILES string of the molecule is CNCCCC(=O)Nc1cc(C(=O)Nc2ccccc2)ccc1C. The van der Waals surface area contributed by atoms with Gasteiger partial charge in [-0.3, -0.25) is 9.59 Å². The lowest BCUT2D eigenvalue weighted by Gasteiger charge is -2.11. The highest BCUT2D eigenvalue weighted by molar-refractivity contribution is 6.05. The summed E-state index contributed by atoms with van der Waals surface area (Å²) in [5, 5.41) is 8.73. The lowest BCUT2D eigenvalue weighted by Crippen LogP contribution is -2.17. The van der Waals surface area contributed by atoms with Gasteiger partial charge in [0.2, 0.25) is 5.91 Å². The Morgan fingerprint density at radius 3 is 2.46 bits per heavy atom. The summed E-state index contributed by atoms with van der Waals surface area (Å²) in [7, 11) is 1.86. The van der Waals surface area contributed by atoms with Crippen molar-refractivity contribution >= 4 is 23.2 Å². The van der Waals surface area contributed by atoms with E-state index in [0.29, 0.717) is 17.7 Å². The Kier molecular flexibility index (Phi) is 6.51. The molecular formula is C19H23N3O2. The topological polar surface area (TPSA) is 70.2 Å². The van der Waals surface area contributed by atoms with Crippen LogP contribution in [0.2, 0.25) is 0 Å². The Hall–Kier alpha value is -2.66. The summed E-state index contributed by atoms with van der Waals surface area (Å²) in [5.41, 5.74) is 2.84. The molecule has 2 rings (SSSR count). The molecule has 0 atom stereocenters. The Morgan fingerprint density at radius 2 is 1.75 bits per heavy atom. The summed E-state index contributed by atoms with van der Waals surface area (Å²) in [4.78, 5) is 24.3. The molecule has 2 aromatic rings. The normalized spacial score (nSPS) is 10.2. The van der Waals surface area contributed by atoms with Crippen LogP contribution in [-0.4, -0.2) is 25.4 Å². The number of carbonyl (C=O) groups excluding carboxylic acids is 2. The summed E-state index contributed by atoms with van der Waals surface area (Å²) in [5.74, 6) is -0.249. The molecule has 0 aliphatic carbocycles. The molecular weight excluding hydrogens is 302 g/mol. The van der Waals surface area contributed by atoms with Gasteiger partial charge < -0.3 is 16.0 Å². The van der Waals surface area contributed by atoms with E-state index in [4.69, 9.17) is 0 Å². The van der Waals surface area contributed by atoms with Gasteiger partial charge in [0.1, 0.15) is 0 Å². The zero-order valence-corrected chi connectivity index (χ0v) is 14.1. The quantitative estimate of drug-likeness (QED) is 0.685. The Bertz CT molecular complexity index is 699.